The van der Waals surface area contributed by atoms with E-state index in [1.807, 2.05) is 0 Å². The van der Waals surface area contributed by atoms with Gasteiger partial charge in [-0.05, 0) is 61.5 Å². The molecule has 34 heavy (non-hydrogen) atoms. The Labute approximate surface area is 210 Å². The van der Waals surface area contributed by atoms with Gasteiger partial charge >= 0.3 is 0 Å². The van der Waals surface area contributed by atoms with Crippen LogP contribution in [0.4, 0.5) is 0 Å². The van der Waals surface area contributed by atoms with Crippen LogP contribution in [0.2, 0.25) is 0 Å². The molecule has 2 aromatic rings. The van der Waals surface area contributed by atoms with Gasteiger partial charge in [-0.3, -0.25) is 0 Å². The molecule has 192 valence electrons. The minimum absolute atomic E-state index is 0.706. The Bertz CT molecular complexity index is 780. The summed E-state index contributed by atoms with van der Waals surface area (Å²) in [6, 6.07) is 8.79. The van der Waals surface area contributed by atoms with Crippen LogP contribution in [-0.4, -0.2) is 13.2 Å². The van der Waals surface area contributed by atoms with Crippen LogP contribution in [0.15, 0.2) is 24.3 Å². The molecule has 2 atom stereocenters. The lowest BCUT2D eigenvalue weighted by molar-refractivity contribution is 0.274. The Morgan fingerprint density at radius 3 is 1.26 bits per heavy atom. The summed E-state index contributed by atoms with van der Waals surface area (Å²) < 4.78 is 12.8. The standard InChI is InChI=1S/C32H52O2/c1-23(2)11-9-13-25(5)19-21-33-31-27(7)15-18-30-29(31)17-16-28(8)32(30)34-22-20-26(6)14-10-12-24(3)4/h15-18,23-26H,9-14,19-22H2,1-8H3. The van der Waals surface area contributed by atoms with Crippen molar-refractivity contribution in [3.8, 4) is 11.5 Å². The SMILES string of the molecule is Cc1ccc2c(OCCC(C)CCCC(C)C)c(C)ccc2c1OCCC(C)CCCC(C)C. The van der Waals surface area contributed by atoms with Gasteiger partial charge in [0.05, 0.1) is 13.2 Å². The van der Waals surface area contributed by atoms with Crippen LogP contribution in [0.1, 0.15) is 104 Å². The largest absolute Gasteiger partial charge is 0.493 e. The summed E-state index contributed by atoms with van der Waals surface area (Å²) in [6.07, 6.45) is 10.1. The number of aryl methyl sites for hydroxylation is 2. The third-order valence-corrected chi connectivity index (χ3v) is 7.17. The highest BCUT2D eigenvalue weighted by atomic mass is 16.5. The van der Waals surface area contributed by atoms with Crippen molar-refractivity contribution in [2.24, 2.45) is 23.7 Å². The van der Waals surface area contributed by atoms with Crippen LogP contribution in [0.3, 0.4) is 0 Å². The normalized spacial score (nSPS) is 13.6. The van der Waals surface area contributed by atoms with Crippen molar-refractivity contribution in [3.63, 3.8) is 0 Å². The number of benzene rings is 2. The number of ether oxygens (including phenoxy) is 2. The van der Waals surface area contributed by atoms with Crippen molar-refractivity contribution in [1.82, 2.24) is 0 Å². The van der Waals surface area contributed by atoms with Crippen LogP contribution in [0.5, 0.6) is 11.5 Å². The topological polar surface area (TPSA) is 18.5 Å². The highest BCUT2D eigenvalue weighted by Gasteiger charge is 2.14. The molecule has 0 saturated carbocycles. The van der Waals surface area contributed by atoms with E-state index in [1.54, 1.807) is 0 Å². The quantitative estimate of drug-likeness (QED) is 0.244. The molecule has 0 amide bonds. The van der Waals surface area contributed by atoms with Gasteiger partial charge < -0.3 is 9.47 Å². The number of rotatable bonds is 16. The van der Waals surface area contributed by atoms with Crippen LogP contribution in [0.25, 0.3) is 10.8 Å². The first-order valence-electron chi connectivity index (χ1n) is 14.0. The molecule has 2 rings (SSSR count). The van der Waals surface area contributed by atoms with E-state index in [1.165, 1.54) is 60.4 Å². The van der Waals surface area contributed by atoms with Gasteiger partial charge in [-0.15, -0.1) is 0 Å². The van der Waals surface area contributed by atoms with Crippen LogP contribution in [0, 0.1) is 37.5 Å². The minimum Gasteiger partial charge on any atom is -0.493 e. The second-order valence-electron chi connectivity index (χ2n) is 11.7. The zero-order valence-corrected chi connectivity index (χ0v) is 23.5. The zero-order valence-electron chi connectivity index (χ0n) is 23.5. The molecule has 2 heteroatoms. The molecular weight excluding hydrogens is 416 g/mol. The summed E-state index contributed by atoms with van der Waals surface area (Å²) in [6.45, 7) is 19.8. The molecule has 0 fully saturated rings. The van der Waals surface area contributed by atoms with Gasteiger partial charge in [0.2, 0.25) is 0 Å². The van der Waals surface area contributed by atoms with Crippen molar-refractivity contribution in [3.05, 3.63) is 35.4 Å². The molecule has 0 aromatic heterocycles. The first-order valence-corrected chi connectivity index (χ1v) is 14.0. The number of fused-ring (bicyclic) bond motifs is 1. The van der Waals surface area contributed by atoms with Crippen LogP contribution in [-0.2, 0) is 0 Å². The summed E-state index contributed by atoms with van der Waals surface area (Å²) in [4.78, 5) is 0. The van der Waals surface area contributed by atoms with Crippen LogP contribution < -0.4 is 9.47 Å². The molecule has 0 N–H and O–H groups in total. The lowest BCUT2D eigenvalue weighted by Gasteiger charge is -2.19. The molecule has 0 aliphatic rings. The summed E-state index contributed by atoms with van der Waals surface area (Å²) in [5.41, 5.74) is 2.40. The maximum Gasteiger partial charge on any atom is 0.130 e. The summed E-state index contributed by atoms with van der Waals surface area (Å²) in [5.74, 6) is 5.07. The monoisotopic (exact) mass is 468 g/mol. The Balaban J connectivity index is 1.99. The third kappa shape index (κ3) is 9.51. The van der Waals surface area contributed by atoms with Gasteiger partial charge in [-0.1, -0.05) is 104 Å². The molecule has 0 saturated heterocycles. The minimum atomic E-state index is 0.706. The van der Waals surface area contributed by atoms with Crippen LogP contribution >= 0.6 is 0 Å². The van der Waals surface area contributed by atoms with Gasteiger partial charge in [0.15, 0.2) is 0 Å². The average Bonchev–Trinajstić information content (AvgIpc) is 2.76. The maximum atomic E-state index is 6.39. The Hall–Kier alpha value is -1.70. The summed E-state index contributed by atoms with van der Waals surface area (Å²) in [7, 11) is 0. The summed E-state index contributed by atoms with van der Waals surface area (Å²) >= 11 is 0. The first kappa shape index (κ1) is 28.5. The lowest BCUT2D eigenvalue weighted by atomic mass is 9.97. The van der Waals surface area contributed by atoms with E-state index in [-0.39, 0.29) is 0 Å². The fourth-order valence-electron chi connectivity index (χ4n) is 4.71. The highest BCUT2D eigenvalue weighted by Crippen LogP contribution is 2.37. The predicted octanol–water partition coefficient (Wildman–Crippen LogP) is 9.92. The van der Waals surface area contributed by atoms with Crippen molar-refractivity contribution in [2.45, 2.75) is 107 Å². The van der Waals surface area contributed by atoms with E-state index in [0.29, 0.717) is 11.8 Å². The van der Waals surface area contributed by atoms with Crippen molar-refractivity contribution in [2.75, 3.05) is 13.2 Å². The second kappa shape index (κ2) is 14.6. The molecular formula is C32H52O2. The van der Waals surface area contributed by atoms with E-state index in [0.717, 1.165) is 49.4 Å². The Kier molecular flexibility index (Phi) is 12.3. The molecule has 2 unspecified atom stereocenters. The number of hydrogen-bond donors (Lipinski definition) is 0. The zero-order chi connectivity index (χ0) is 25.1. The van der Waals surface area contributed by atoms with Crippen molar-refractivity contribution >= 4 is 10.8 Å². The van der Waals surface area contributed by atoms with E-state index in [2.05, 4.69) is 79.7 Å². The fraction of sp³-hybridized carbons (Fsp3) is 0.688. The second-order valence-corrected chi connectivity index (χ2v) is 11.7. The smallest absolute Gasteiger partial charge is 0.130 e. The van der Waals surface area contributed by atoms with E-state index >= 15 is 0 Å². The molecule has 2 aromatic carbocycles. The predicted molar refractivity (Wildman–Crippen MR) is 149 cm³/mol. The lowest BCUT2D eigenvalue weighted by Crippen LogP contribution is -2.07. The number of hydrogen-bond acceptors (Lipinski definition) is 2. The highest BCUT2D eigenvalue weighted by molar-refractivity contribution is 5.95. The van der Waals surface area contributed by atoms with Gasteiger partial charge in [0.25, 0.3) is 0 Å². The molecule has 0 bridgehead atoms. The first-order chi connectivity index (χ1) is 16.2. The molecule has 0 aliphatic heterocycles. The fourth-order valence-corrected chi connectivity index (χ4v) is 4.71. The van der Waals surface area contributed by atoms with Gasteiger partial charge in [0, 0.05) is 10.8 Å². The Morgan fingerprint density at radius 1 is 0.529 bits per heavy atom. The average molecular weight is 469 g/mol. The maximum absolute atomic E-state index is 6.39. The molecule has 0 aliphatic carbocycles. The molecule has 0 heterocycles. The molecule has 0 radical (unpaired) electrons. The van der Waals surface area contributed by atoms with Crippen molar-refractivity contribution < 1.29 is 9.47 Å². The van der Waals surface area contributed by atoms with Gasteiger partial charge in [-0.25, -0.2) is 0 Å². The summed E-state index contributed by atoms with van der Waals surface area (Å²) in [5, 5.41) is 2.36. The van der Waals surface area contributed by atoms with E-state index in [9.17, 15) is 0 Å². The van der Waals surface area contributed by atoms with E-state index < -0.39 is 0 Å². The van der Waals surface area contributed by atoms with Gasteiger partial charge in [0.1, 0.15) is 11.5 Å². The van der Waals surface area contributed by atoms with Gasteiger partial charge in [-0.2, -0.15) is 0 Å². The van der Waals surface area contributed by atoms with Crippen molar-refractivity contribution in [1.29, 1.82) is 0 Å². The third-order valence-electron chi connectivity index (χ3n) is 7.17. The van der Waals surface area contributed by atoms with E-state index in [4.69, 9.17) is 9.47 Å². The molecule has 2 nitrogen and oxygen atoms in total. The molecule has 0 spiro atoms. The Morgan fingerprint density at radius 2 is 0.912 bits per heavy atom.